The Kier molecular flexibility index (Phi) is 4.37. The third kappa shape index (κ3) is 3.37. The summed E-state index contributed by atoms with van der Waals surface area (Å²) in [4.78, 5) is 14.8. The van der Waals surface area contributed by atoms with Gasteiger partial charge in [-0.1, -0.05) is 0 Å². The third-order valence-corrected chi connectivity index (χ3v) is 2.25. The van der Waals surface area contributed by atoms with E-state index in [9.17, 15) is 13.6 Å². The first kappa shape index (κ1) is 13.3. The van der Waals surface area contributed by atoms with Gasteiger partial charge < -0.3 is 10.5 Å². The summed E-state index contributed by atoms with van der Waals surface area (Å²) >= 11 is 0. The van der Waals surface area contributed by atoms with Gasteiger partial charge in [0.15, 0.2) is 0 Å². The Balaban J connectivity index is 2.97. The minimum atomic E-state index is -2.67. The Hall–Kier alpha value is -1.72. The number of esters is 1. The molecule has 17 heavy (non-hydrogen) atoms. The van der Waals surface area contributed by atoms with Crippen molar-refractivity contribution in [2.75, 3.05) is 12.3 Å². The zero-order valence-electron chi connectivity index (χ0n) is 9.67. The average molecular weight is 244 g/mol. The number of nitrogens with two attached hydrogens (primary N) is 1. The molecule has 0 radical (unpaired) electrons. The van der Waals surface area contributed by atoms with Crippen LogP contribution in [0.3, 0.4) is 0 Å². The van der Waals surface area contributed by atoms with Crippen LogP contribution in [0.1, 0.15) is 30.2 Å². The molecule has 0 aliphatic carbocycles. The quantitative estimate of drug-likeness (QED) is 0.823. The maximum Gasteiger partial charge on any atom is 0.310 e. The lowest BCUT2D eigenvalue weighted by Gasteiger charge is -2.10. The van der Waals surface area contributed by atoms with Gasteiger partial charge in [0.2, 0.25) is 0 Å². The molecule has 0 amide bonds. The number of carbonyl (C=O) groups excluding carboxylic acids is 1. The van der Waals surface area contributed by atoms with Crippen molar-refractivity contribution in [3.05, 3.63) is 22.9 Å². The number of aryl methyl sites for hydroxylation is 1. The number of alkyl halides is 2. The first-order valence-electron chi connectivity index (χ1n) is 5.15. The fourth-order valence-corrected chi connectivity index (χ4v) is 1.45. The van der Waals surface area contributed by atoms with E-state index in [0.717, 1.165) is 0 Å². The average Bonchev–Trinajstić information content (AvgIpc) is 2.23. The van der Waals surface area contributed by atoms with Crippen LogP contribution in [0.2, 0.25) is 0 Å². The molecule has 0 spiro atoms. The zero-order chi connectivity index (χ0) is 13.0. The van der Waals surface area contributed by atoms with Gasteiger partial charge in [-0.05, 0) is 25.5 Å². The van der Waals surface area contributed by atoms with Gasteiger partial charge in [-0.3, -0.25) is 4.79 Å². The fraction of sp³-hybridized carbons (Fsp3) is 0.455. The van der Waals surface area contributed by atoms with E-state index in [2.05, 4.69) is 4.98 Å². The Morgan fingerprint density at radius 3 is 2.71 bits per heavy atom. The number of anilines is 1. The van der Waals surface area contributed by atoms with E-state index < -0.39 is 12.4 Å². The number of rotatable bonds is 4. The van der Waals surface area contributed by atoms with Crippen LogP contribution < -0.4 is 5.73 Å². The number of carbonyl (C=O) groups is 1. The van der Waals surface area contributed by atoms with Crippen molar-refractivity contribution >= 4 is 11.8 Å². The summed E-state index contributed by atoms with van der Waals surface area (Å²) < 4.78 is 29.6. The van der Waals surface area contributed by atoms with Crippen LogP contribution in [-0.2, 0) is 16.0 Å². The molecule has 0 saturated carbocycles. The van der Waals surface area contributed by atoms with E-state index in [4.69, 9.17) is 10.5 Å². The molecule has 6 heteroatoms. The van der Waals surface area contributed by atoms with E-state index in [1.165, 1.54) is 6.07 Å². The summed E-state index contributed by atoms with van der Waals surface area (Å²) in [6, 6.07) is 1.23. The number of ether oxygens (including phenoxy) is 1. The number of nitrogen functional groups attached to an aromatic ring is 1. The van der Waals surface area contributed by atoms with Crippen LogP contribution >= 0.6 is 0 Å². The smallest absolute Gasteiger partial charge is 0.310 e. The van der Waals surface area contributed by atoms with Gasteiger partial charge in [0, 0.05) is 5.56 Å². The largest absolute Gasteiger partial charge is 0.466 e. The lowest BCUT2D eigenvalue weighted by atomic mass is 10.1. The molecule has 1 heterocycles. The van der Waals surface area contributed by atoms with Gasteiger partial charge in [-0.15, -0.1) is 0 Å². The SMILES string of the molecule is CCOC(=O)Cc1c(C)cc(C(F)F)nc1N. The van der Waals surface area contributed by atoms with Crippen LogP contribution in [0.15, 0.2) is 6.07 Å². The van der Waals surface area contributed by atoms with Crippen LogP contribution in [-0.4, -0.2) is 17.6 Å². The molecule has 94 valence electrons. The molecular formula is C11H14F2N2O2. The predicted molar refractivity (Wildman–Crippen MR) is 58.7 cm³/mol. The molecule has 0 aliphatic heterocycles. The summed E-state index contributed by atoms with van der Waals surface area (Å²) in [7, 11) is 0. The predicted octanol–water partition coefficient (Wildman–Crippen LogP) is 2.02. The summed E-state index contributed by atoms with van der Waals surface area (Å²) in [6.07, 6.45) is -2.73. The molecule has 1 rings (SSSR count). The van der Waals surface area contributed by atoms with Crippen molar-refractivity contribution in [3.8, 4) is 0 Å². The molecule has 0 unspecified atom stereocenters. The molecule has 0 aliphatic rings. The first-order chi connectivity index (χ1) is 7.95. The number of pyridine rings is 1. The topological polar surface area (TPSA) is 65.2 Å². The van der Waals surface area contributed by atoms with Crippen molar-refractivity contribution in [1.29, 1.82) is 0 Å². The molecule has 1 aromatic heterocycles. The summed E-state index contributed by atoms with van der Waals surface area (Å²) in [5.74, 6) is -0.498. The highest BCUT2D eigenvalue weighted by molar-refractivity contribution is 5.75. The van der Waals surface area contributed by atoms with E-state index in [1.807, 2.05) is 0 Å². The maximum atomic E-state index is 12.4. The Bertz CT molecular complexity index is 399. The maximum absolute atomic E-state index is 12.4. The second-order valence-corrected chi connectivity index (χ2v) is 3.51. The van der Waals surface area contributed by atoms with Crippen molar-refractivity contribution < 1.29 is 18.3 Å². The lowest BCUT2D eigenvalue weighted by molar-refractivity contribution is -0.142. The summed E-state index contributed by atoms with van der Waals surface area (Å²) in [6.45, 7) is 3.56. The summed E-state index contributed by atoms with van der Waals surface area (Å²) in [5, 5.41) is 0. The number of halogens is 2. The van der Waals surface area contributed by atoms with Crippen LogP contribution in [0.4, 0.5) is 14.6 Å². The molecule has 0 atom stereocenters. The monoisotopic (exact) mass is 244 g/mol. The van der Waals surface area contributed by atoms with Crippen molar-refractivity contribution in [2.45, 2.75) is 26.7 Å². The van der Waals surface area contributed by atoms with Gasteiger partial charge in [0.25, 0.3) is 6.43 Å². The van der Waals surface area contributed by atoms with Crippen LogP contribution in [0, 0.1) is 6.92 Å². The molecule has 0 fully saturated rings. The molecular weight excluding hydrogens is 230 g/mol. The molecule has 4 nitrogen and oxygen atoms in total. The number of aromatic nitrogens is 1. The van der Waals surface area contributed by atoms with Crippen LogP contribution in [0.5, 0.6) is 0 Å². The summed E-state index contributed by atoms with van der Waals surface area (Å²) in [5.41, 5.74) is 6.12. The molecule has 0 bridgehead atoms. The molecule has 2 N–H and O–H groups in total. The van der Waals surface area contributed by atoms with E-state index in [-0.39, 0.29) is 24.5 Å². The molecule has 0 saturated heterocycles. The van der Waals surface area contributed by atoms with Gasteiger partial charge in [-0.2, -0.15) is 0 Å². The highest BCUT2D eigenvalue weighted by Gasteiger charge is 2.16. The number of hydrogen-bond donors (Lipinski definition) is 1. The number of nitrogens with zero attached hydrogens (tertiary/aromatic N) is 1. The minimum absolute atomic E-state index is 0.0478. The number of hydrogen-bond acceptors (Lipinski definition) is 4. The highest BCUT2D eigenvalue weighted by Crippen LogP contribution is 2.23. The van der Waals surface area contributed by atoms with E-state index in [1.54, 1.807) is 13.8 Å². The van der Waals surface area contributed by atoms with Gasteiger partial charge >= 0.3 is 5.97 Å². The fourth-order valence-electron chi connectivity index (χ4n) is 1.45. The minimum Gasteiger partial charge on any atom is -0.466 e. The van der Waals surface area contributed by atoms with Crippen molar-refractivity contribution in [3.63, 3.8) is 0 Å². The van der Waals surface area contributed by atoms with Crippen molar-refractivity contribution in [2.24, 2.45) is 0 Å². The Labute approximate surface area is 97.8 Å². The zero-order valence-corrected chi connectivity index (χ0v) is 9.67. The first-order valence-corrected chi connectivity index (χ1v) is 5.15. The lowest BCUT2D eigenvalue weighted by Crippen LogP contribution is -2.12. The molecule has 1 aromatic rings. The van der Waals surface area contributed by atoms with Gasteiger partial charge in [0.05, 0.1) is 13.0 Å². The van der Waals surface area contributed by atoms with Crippen molar-refractivity contribution in [1.82, 2.24) is 4.98 Å². The Morgan fingerprint density at radius 2 is 2.24 bits per heavy atom. The third-order valence-electron chi connectivity index (χ3n) is 2.25. The Morgan fingerprint density at radius 1 is 1.59 bits per heavy atom. The van der Waals surface area contributed by atoms with Gasteiger partial charge in [-0.25, -0.2) is 13.8 Å². The van der Waals surface area contributed by atoms with E-state index >= 15 is 0 Å². The normalized spacial score (nSPS) is 10.6. The second kappa shape index (κ2) is 5.56. The highest BCUT2D eigenvalue weighted by atomic mass is 19.3. The second-order valence-electron chi connectivity index (χ2n) is 3.51. The van der Waals surface area contributed by atoms with Gasteiger partial charge in [0.1, 0.15) is 11.5 Å². The van der Waals surface area contributed by atoms with Crippen LogP contribution in [0.25, 0.3) is 0 Å². The molecule has 0 aromatic carbocycles. The standard InChI is InChI=1S/C11H14F2N2O2/c1-3-17-9(16)5-7-6(2)4-8(10(12)13)15-11(7)14/h4,10H,3,5H2,1-2H3,(H2,14,15). The van der Waals surface area contributed by atoms with E-state index in [0.29, 0.717) is 11.1 Å².